The summed E-state index contributed by atoms with van der Waals surface area (Å²) >= 11 is 0. The second-order valence-corrected chi connectivity index (χ2v) is 7.61. The Labute approximate surface area is 182 Å². The molecule has 4 heteroatoms. The highest BCUT2D eigenvalue weighted by molar-refractivity contribution is 5.87. The van der Waals surface area contributed by atoms with Crippen LogP contribution in [0.5, 0.6) is 0 Å². The average molecular weight is 414 g/mol. The highest BCUT2D eigenvalue weighted by Crippen LogP contribution is 2.13. The minimum absolute atomic E-state index is 0.117. The highest BCUT2D eigenvalue weighted by atomic mass is 16.4. The average Bonchev–Trinajstić information content (AvgIpc) is 2.75. The van der Waals surface area contributed by atoms with Gasteiger partial charge in [0.15, 0.2) is 0 Å². The first-order valence-electron chi connectivity index (χ1n) is 11.4. The van der Waals surface area contributed by atoms with Crippen molar-refractivity contribution in [3.05, 3.63) is 60.3 Å². The predicted molar refractivity (Wildman–Crippen MR) is 125 cm³/mol. The van der Waals surface area contributed by atoms with Gasteiger partial charge >= 0.3 is 5.97 Å². The van der Waals surface area contributed by atoms with Gasteiger partial charge in [0, 0.05) is 25.1 Å². The maximum Gasteiger partial charge on any atom is 0.331 e. The van der Waals surface area contributed by atoms with Gasteiger partial charge in [-0.05, 0) is 51.4 Å². The molecule has 0 atom stereocenters. The molecular formula is C26H39NO3. The number of hydrogen-bond acceptors (Lipinski definition) is 2. The zero-order valence-electron chi connectivity index (χ0n) is 18.6. The Morgan fingerprint density at radius 2 is 1.47 bits per heavy atom. The van der Waals surface area contributed by atoms with Gasteiger partial charge in [-0.2, -0.15) is 0 Å². The number of carbonyl (C=O) groups is 2. The van der Waals surface area contributed by atoms with Crippen LogP contribution in [0.3, 0.4) is 0 Å². The van der Waals surface area contributed by atoms with E-state index in [0.29, 0.717) is 31.5 Å². The summed E-state index contributed by atoms with van der Waals surface area (Å²) in [4.78, 5) is 24.8. The molecule has 0 aromatic rings. The number of amides is 1. The Morgan fingerprint density at radius 1 is 0.900 bits per heavy atom. The van der Waals surface area contributed by atoms with Crippen molar-refractivity contribution in [2.45, 2.75) is 77.6 Å². The summed E-state index contributed by atoms with van der Waals surface area (Å²) < 4.78 is 0. The first-order valence-corrected chi connectivity index (χ1v) is 11.4. The molecule has 1 heterocycles. The van der Waals surface area contributed by atoms with E-state index in [-0.39, 0.29) is 5.91 Å². The molecule has 30 heavy (non-hydrogen) atoms. The molecule has 0 radical (unpaired) electrons. The van der Waals surface area contributed by atoms with Crippen molar-refractivity contribution < 1.29 is 14.7 Å². The summed E-state index contributed by atoms with van der Waals surface area (Å²) in [5.74, 6) is -0.755. The monoisotopic (exact) mass is 413 g/mol. The van der Waals surface area contributed by atoms with Gasteiger partial charge in [-0.15, -0.1) is 0 Å². The molecule has 1 rings (SSSR count). The van der Waals surface area contributed by atoms with Gasteiger partial charge in [0.25, 0.3) is 0 Å². The number of carboxylic acid groups (broad SMARTS) is 1. The predicted octanol–water partition coefficient (Wildman–Crippen LogP) is 6.38. The van der Waals surface area contributed by atoms with Gasteiger partial charge in [0.05, 0.1) is 0 Å². The Hall–Kier alpha value is -2.36. The quantitative estimate of drug-likeness (QED) is 0.250. The number of aliphatic carboxylic acids is 1. The van der Waals surface area contributed by atoms with Crippen LogP contribution in [0.1, 0.15) is 77.6 Å². The maximum absolute atomic E-state index is 12.1. The number of allylic oxidation sites excluding steroid dienone is 8. The number of carbonyl (C=O) groups excluding carboxylic acids is 1. The molecule has 1 aliphatic rings. The Morgan fingerprint density at radius 3 is 1.97 bits per heavy atom. The van der Waals surface area contributed by atoms with Crippen LogP contribution >= 0.6 is 0 Å². The summed E-state index contributed by atoms with van der Waals surface area (Å²) in [6, 6.07) is 0. The van der Waals surface area contributed by atoms with Crippen LogP contribution in [0.2, 0.25) is 0 Å². The summed E-state index contributed by atoms with van der Waals surface area (Å²) in [5.41, 5.74) is 0.417. The smallest absolute Gasteiger partial charge is 0.331 e. The van der Waals surface area contributed by atoms with E-state index in [0.717, 1.165) is 32.1 Å². The normalized spacial score (nSPS) is 15.1. The zero-order valence-corrected chi connectivity index (χ0v) is 18.6. The maximum atomic E-state index is 12.1. The van der Waals surface area contributed by atoms with E-state index in [4.69, 9.17) is 5.11 Å². The van der Waals surface area contributed by atoms with Crippen LogP contribution in [-0.4, -0.2) is 35.0 Å². The highest BCUT2D eigenvalue weighted by Gasteiger charge is 2.19. The fourth-order valence-corrected chi connectivity index (χ4v) is 3.18. The standard InChI is InChI=1S/C26H39NO3/c1-2-3-4-5-6-7-8-9-10-11-12-13-14-15-16-17-18-19-25(28)27-22-20-24(21-23-27)26(29)30/h6-7,9-10,12-13,15-16,20H,2-5,8,11,14,17-19,21-23H2,1H3,(H,29,30)/b7-6+,10-9+,13-12+,16-15+. The van der Waals surface area contributed by atoms with Crippen molar-refractivity contribution in [2.24, 2.45) is 0 Å². The van der Waals surface area contributed by atoms with Gasteiger partial charge < -0.3 is 10.0 Å². The second-order valence-electron chi connectivity index (χ2n) is 7.61. The lowest BCUT2D eigenvalue weighted by atomic mass is 10.1. The molecule has 0 fully saturated rings. The molecule has 0 unspecified atom stereocenters. The zero-order chi connectivity index (χ0) is 21.9. The SMILES string of the molecule is CCCCC/C=C/C/C=C/C/C=C/C/C=C/CCCC(=O)N1CC=C(C(=O)O)CC1. The molecule has 0 aromatic heterocycles. The molecular weight excluding hydrogens is 374 g/mol. The number of rotatable bonds is 15. The minimum atomic E-state index is -0.873. The van der Waals surface area contributed by atoms with Gasteiger partial charge in [0.2, 0.25) is 5.91 Å². The van der Waals surface area contributed by atoms with Crippen LogP contribution in [0.15, 0.2) is 60.3 Å². The first kappa shape index (κ1) is 25.7. The van der Waals surface area contributed by atoms with Crippen molar-refractivity contribution in [3.8, 4) is 0 Å². The van der Waals surface area contributed by atoms with Crippen LogP contribution in [0.25, 0.3) is 0 Å². The van der Waals surface area contributed by atoms with Crippen molar-refractivity contribution >= 4 is 11.9 Å². The minimum Gasteiger partial charge on any atom is -0.478 e. The Balaban J connectivity index is 2.01. The van der Waals surface area contributed by atoms with Crippen LogP contribution in [0, 0.1) is 0 Å². The molecule has 0 bridgehead atoms. The molecule has 4 nitrogen and oxygen atoms in total. The molecule has 1 aliphatic heterocycles. The molecule has 0 saturated carbocycles. The Kier molecular flexibility index (Phi) is 15.0. The van der Waals surface area contributed by atoms with E-state index in [1.54, 1.807) is 11.0 Å². The summed E-state index contributed by atoms with van der Waals surface area (Å²) in [6.07, 6.45) is 30.0. The second kappa shape index (κ2) is 17.5. The number of carboxylic acids is 1. The van der Waals surface area contributed by atoms with Crippen LogP contribution in [0.4, 0.5) is 0 Å². The Bertz CT molecular complexity index is 641. The van der Waals surface area contributed by atoms with Gasteiger partial charge in [-0.1, -0.05) is 74.4 Å². The molecule has 166 valence electrons. The first-order chi connectivity index (χ1) is 14.6. The lowest BCUT2D eigenvalue weighted by Crippen LogP contribution is -2.35. The summed E-state index contributed by atoms with van der Waals surface area (Å²) in [7, 11) is 0. The van der Waals surface area contributed by atoms with E-state index >= 15 is 0 Å². The van der Waals surface area contributed by atoms with Crippen molar-refractivity contribution in [3.63, 3.8) is 0 Å². The van der Waals surface area contributed by atoms with Gasteiger partial charge in [0.1, 0.15) is 0 Å². The van der Waals surface area contributed by atoms with Gasteiger partial charge in [-0.3, -0.25) is 4.79 Å². The number of hydrogen-bond donors (Lipinski definition) is 1. The van der Waals surface area contributed by atoms with E-state index < -0.39 is 5.97 Å². The third kappa shape index (κ3) is 13.0. The fourth-order valence-electron chi connectivity index (χ4n) is 3.18. The van der Waals surface area contributed by atoms with Crippen LogP contribution in [-0.2, 0) is 9.59 Å². The van der Waals surface area contributed by atoms with E-state index in [1.807, 2.05) is 0 Å². The molecule has 0 spiro atoms. The molecule has 1 N–H and O–H groups in total. The topological polar surface area (TPSA) is 57.6 Å². The third-order valence-corrected chi connectivity index (χ3v) is 5.06. The molecule has 0 aliphatic carbocycles. The van der Waals surface area contributed by atoms with Crippen molar-refractivity contribution in [1.29, 1.82) is 0 Å². The third-order valence-electron chi connectivity index (χ3n) is 5.06. The molecule has 1 amide bonds. The van der Waals surface area contributed by atoms with E-state index in [9.17, 15) is 9.59 Å². The van der Waals surface area contributed by atoms with Crippen LogP contribution < -0.4 is 0 Å². The largest absolute Gasteiger partial charge is 0.478 e. The number of unbranched alkanes of at least 4 members (excludes halogenated alkanes) is 4. The van der Waals surface area contributed by atoms with E-state index in [1.165, 1.54) is 25.7 Å². The lowest BCUT2D eigenvalue weighted by molar-refractivity contribution is -0.135. The van der Waals surface area contributed by atoms with Crippen molar-refractivity contribution in [2.75, 3.05) is 13.1 Å². The summed E-state index contributed by atoms with van der Waals surface area (Å²) in [6.45, 7) is 3.17. The van der Waals surface area contributed by atoms with Gasteiger partial charge in [-0.25, -0.2) is 4.79 Å². The lowest BCUT2D eigenvalue weighted by Gasteiger charge is -2.25. The van der Waals surface area contributed by atoms with E-state index in [2.05, 4.69) is 55.5 Å². The fraction of sp³-hybridized carbons (Fsp3) is 0.538. The molecule has 0 aromatic carbocycles. The molecule has 0 saturated heterocycles. The summed E-state index contributed by atoms with van der Waals surface area (Å²) in [5, 5.41) is 8.94. The number of nitrogens with zero attached hydrogens (tertiary/aromatic N) is 1. The van der Waals surface area contributed by atoms with Crippen molar-refractivity contribution in [1.82, 2.24) is 4.90 Å².